The number of carbonyl (C=O) groups is 2. The molecule has 0 aliphatic carbocycles. The summed E-state index contributed by atoms with van der Waals surface area (Å²) < 4.78 is 0. The average molecular weight is 261 g/mol. The van der Waals surface area contributed by atoms with Crippen LogP contribution in [0.4, 0.5) is 5.69 Å². The second-order valence-corrected chi connectivity index (χ2v) is 5.23. The van der Waals surface area contributed by atoms with Gasteiger partial charge in [-0.1, -0.05) is 0 Å². The molecule has 2 rings (SSSR count). The molecule has 1 aliphatic rings. The Morgan fingerprint density at radius 1 is 1.47 bits per heavy atom. The molecule has 5 heteroatoms. The Kier molecular flexibility index (Phi) is 3.85. The van der Waals surface area contributed by atoms with E-state index in [-0.39, 0.29) is 17.9 Å². The van der Waals surface area contributed by atoms with E-state index >= 15 is 0 Å². The van der Waals surface area contributed by atoms with Crippen LogP contribution < -0.4 is 10.6 Å². The fourth-order valence-corrected chi connectivity index (χ4v) is 2.27. The first-order valence-corrected chi connectivity index (χ1v) is 6.34. The van der Waals surface area contributed by atoms with Gasteiger partial charge in [-0.2, -0.15) is 0 Å². The van der Waals surface area contributed by atoms with Crippen molar-refractivity contribution in [3.05, 3.63) is 29.3 Å². The van der Waals surface area contributed by atoms with Gasteiger partial charge in [0.1, 0.15) is 0 Å². The summed E-state index contributed by atoms with van der Waals surface area (Å²) in [5.74, 6) is -0.120. The number of hydrogen-bond acceptors (Lipinski definition) is 3. The van der Waals surface area contributed by atoms with Crippen molar-refractivity contribution in [2.45, 2.75) is 19.4 Å². The van der Waals surface area contributed by atoms with Gasteiger partial charge in [-0.15, -0.1) is 0 Å². The van der Waals surface area contributed by atoms with E-state index in [4.69, 9.17) is 0 Å². The van der Waals surface area contributed by atoms with Gasteiger partial charge < -0.3 is 15.5 Å². The second kappa shape index (κ2) is 5.40. The number of rotatable bonds is 4. The minimum Gasteiger partial charge on any atom is -0.348 e. The maximum atomic E-state index is 12.1. The molecule has 0 radical (unpaired) electrons. The van der Waals surface area contributed by atoms with E-state index in [2.05, 4.69) is 10.6 Å². The van der Waals surface area contributed by atoms with Crippen molar-refractivity contribution in [1.29, 1.82) is 0 Å². The molecule has 19 heavy (non-hydrogen) atoms. The molecule has 0 bridgehead atoms. The lowest BCUT2D eigenvalue weighted by Gasteiger charge is -2.18. The highest BCUT2D eigenvalue weighted by Gasteiger charge is 2.19. The van der Waals surface area contributed by atoms with Crippen LogP contribution in [0.1, 0.15) is 22.8 Å². The number of likely N-dealkylation sites (N-methyl/N-ethyl adjacent to an activating group) is 1. The number of amides is 2. The average Bonchev–Trinajstić information content (AvgIpc) is 2.66. The van der Waals surface area contributed by atoms with Crippen LogP contribution in [0.15, 0.2) is 18.2 Å². The Bertz CT molecular complexity index is 511. The van der Waals surface area contributed by atoms with Gasteiger partial charge in [-0.25, -0.2) is 0 Å². The maximum Gasteiger partial charge on any atom is 0.251 e. The highest BCUT2D eigenvalue weighted by Crippen LogP contribution is 2.23. The summed E-state index contributed by atoms with van der Waals surface area (Å²) in [5.41, 5.74) is 2.29. The Morgan fingerprint density at radius 3 is 2.89 bits per heavy atom. The van der Waals surface area contributed by atoms with Gasteiger partial charge in [0, 0.05) is 23.8 Å². The van der Waals surface area contributed by atoms with Crippen LogP contribution in [0.2, 0.25) is 0 Å². The largest absolute Gasteiger partial charge is 0.348 e. The fourth-order valence-electron chi connectivity index (χ4n) is 2.27. The molecule has 2 N–H and O–H groups in total. The molecule has 0 aromatic heterocycles. The number of anilines is 1. The normalized spacial score (nSPS) is 15.1. The zero-order valence-corrected chi connectivity index (χ0v) is 11.5. The van der Waals surface area contributed by atoms with Crippen LogP contribution in [0.25, 0.3) is 0 Å². The molecular formula is C14H19N3O2. The van der Waals surface area contributed by atoms with Gasteiger partial charge in [-0.05, 0) is 44.8 Å². The molecule has 1 aliphatic heterocycles. The van der Waals surface area contributed by atoms with Gasteiger partial charge in [0.25, 0.3) is 5.91 Å². The zero-order chi connectivity index (χ0) is 14.0. The van der Waals surface area contributed by atoms with Crippen LogP contribution >= 0.6 is 0 Å². The lowest BCUT2D eigenvalue weighted by atomic mass is 10.1. The summed E-state index contributed by atoms with van der Waals surface area (Å²) in [4.78, 5) is 25.4. The lowest BCUT2D eigenvalue weighted by molar-refractivity contribution is -0.115. The second-order valence-electron chi connectivity index (χ2n) is 5.23. The Balaban J connectivity index is 2.04. The quantitative estimate of drug-likeness (QED) is 0.845. The first-order valence-electron chi connectivity index (χ1n) is 6.34. The number of benzene rings is 1. The molecular weight excluding hydrogens is 242 g/mol. The number of carbonyl (C=O) groups excluding carboxylic acids is 2. The first kappa shape index (κ1) is 13.5. The fraction of sp³-hybridized carbons (Fsp3) is 0.429. The molecule has 1 heterocycles. The van der Waals surface area contributed by atoms with E-state index < -0.39 is 0 Å². The summed E-state index contributed by atoms with van der Waals surface area (Å²) in [7, 11) is 3.94. The first-order chi connectivity index (χ1) is 8.95. The van der Waals surface area contributed by atoms with E-state index in [1.807, 2.05) is 25.9 Å². The Hall–Kier alpha value is -1.88. The standard InChI is InChI=1S/C14H19N3O2/c1-9(8-17(2)3)15-14(19)10-4-5-12-11(6-10)7-13(18)16-12/h4-6,9H,7-8H2,1-3H3,(H,15,19)(H,16,18). The van der Waals surface area contributed by atoms with Gasteiger partial charge in [0.05, 0.1) is 6.42 Å². The number of hydrogen-bond donors (Lipinski definition) is 2. The van der Waals surface area contributed by atoms with E-state index in [0.29, 0.717) is 12.0 Å². The summed E-state index contributed by atoms with van der Waals surface area (Å²) in [6.07, 6.45) is 0.351. The number of nitrogens with one attached hydrogen (secondary N) is 2. The number of fused-ring (bicyclic) bond motifs is 1. The third-order valence-corrected chi connectivity index (χ3v) is 3.01. The molecule has 2 amide bonds. The SMILES string of the molecule is CC(CN(C)C)NC(=O)c1ccc2c(c1)CC(=O)N2. The molecule has 1 aromatic rings. The van der Waals surface area contributed by atoms with Crippen LogP contribution in [-0.2, 0) is 11.2 Å². The minimum absolute atomic E-state index is 0.0199. The molecule has 0 saturated carbocycles. The molecule has 0 fully saturated rings. The van der Waals surface area contributed by atoms with E-state index in [0.717, 1.165) is 17.8 Å². The molecule has 102 valence electrons. The Morgan fingerprint density at radius 2 is 2.21 bits per heavy atom. The lowest BCUT2D eigenvalue weighted by Crippen LogP contribution is -2.39. The Labute approximate surface area is 113 Å². The van der Waals surface area contributed by atoms with Crippen molar-refractivity contribution in [3.8, 4) is 0 Å². The van der Waals surface area contributed by atoms with Gasteiger partial charge in [-0.3, -0.25) is 9.59 Å². The van der Waals surface area contributed by atoms with E-state index in [1.165, 1.54) is 0 Å². The minimum atomic E-state index is -0.100. The summed E-state index contributed by atoms with van der Waals surface area (Å²) in [6, 6.07) is 5.38. The van der Waals surface area contributed by atoms with Crippen LogP contribution in [0, 0.1) is 0 Å². The summed E-state index contributed by atoms with van der Waals surface area (Å²) in [6.45, 7) is 2.76. The van der Waals surface area contributed by atoms with Crippen molar-refractivity contribution < 1.29 is 9.59 Å². The van der Waals surface area contributed by atoms with E-state index in [1.54, 1.807) is 18.2 Å². The van der Waals surface area contributed by atoms with Crippen molar-refractivity contribution >= 4 is 17.5 Å². The van der Waals surface area contributed by atoms with Gasteiger partial charge >= 0.3 is 0 Å². The van der Waals surface area contributed by atoms with Crippen molar-refractivity contribution in [2.24, 2.45) is 0 Å². The van der Waals surface area contributed by atoms with Crippen LogP contribution in [0.3, 0.4) is 0 Å². The molecule has 1 atom stereocenters. The molecule has 1 aromatic carbocycles. The summed E-state index contributed by atoms with van der Waals surface area (Å²) in [5, 5.41) is 5.70. The third-order valence-electron chi connectivity index (χ3n) is 3.01. The van der Waals surface area contributed by atoms with Crippen molar-refractivity contribution in [2.75, 3.05) is 26.0 Å². The molecule has 0 spiro atoms. The highest BCUT2D eigenvalue weighted by molar-refractivity contribution is 6.01. The van der Waals surface area contributed by atoms with Gasteiger partial charge in [0.15, 0.2) is 0 Å². The monoisotopic (exact) mass is 261 g/mol. The van der Waals surface area contributed by atoms with Crippen LogP contribution in [-0.4, -0.2) is 43.4 Å². The van der Waals surface area contributed by atoms with Gasteiger partial charge in [0.2, 0.25) is 5.91 Å². The van der Waals surface area contributed by atoms with Crippen molar-refractivity contribution in [1.82, 2.24) is 10.2 Å². The molecule has 1 unspecified atom stereocenters. The zero-order valence-electron chi connectivity index (χ0n) is 11.5. The highest BCUT2D eigenvalue weighted by atomic mass is 16.2. The third kappa shape index (κ3) is 3.32. The molecule has 0 saturated heterocycles. The predicted molar refractivity (Wildman–Crippen MR) is 74.3 cm³/mol. The van der Waals surface area contributed by atoms with Crippen molar-refractivity contribution in [3.63, 3.8) is 0 Å². The topological polar surface area (TPSA) is 61.4 Å². The summed E-state index contributed by atoms with van der Waals surface area (Å²) >= 11 is 0. The molecule has 5 nitrogen and oxygen atoms in total. The maximum absolute atomic E-state index is 12.1. The predicted octanol–water partition coefficient (Wildman–Crippen LogP) is 0.861. The van der Waals surface area contributed by atoms with E-state index in [9.17, 15) is 9.59 Å². The number of nitrogens with zero attached hydrogens (tertiary/aromatic N) is 1. The smallest absolute Gasteiger partial charge is 0.251 e. The van der Waals surface area contributed by atoms with Crippen LogP contribution in [0.5, 0.6) is 0 Å².